The van der Waals surface area contributed by atoms with E-state index in [1.165, 1.54) is 0 Å². The first-order valence-corrected chi connectivity index (χ1v) is 6.43. The minimum atomic E-state index is -0.471. The van der Waals surface area contributed by atoms with Crippen LogP contribution in [-0.4, -0.2) is 45.8 Å². The van der Waals surface area contributed by atoms with Gasteiger partial charge in [0.15, 0.2) is 11.5 Å². The van der Waals surface area contributed by atoms with Gasteiger partial charge in [0.25, 0.3) is 11.9 Å². The normalized spacial score (nSPS) is 10.5. The predicted molar refractivity (Wildman–Crippen MR) is 78.4 cm³/mol. The molecule has 2 heterocycles. The van der Waals surface area contributed by atoms with Gasteiger partial charge in [-0.1, -0.05) is 10.3 Å². The first-order valence-electron chi connectivity index (χ1n) is 6.43. The molecule has 0 fully saturated rings. The molecule has 0 radical (unpaired) electrons. The SMILES string of the molecule is CN(C)c1ccc(-c2cc(C(=O)Nc3nn[nH]n3)no2)cc1. The highest BCUT2D eigenvalue weighted by atomic mass is 16.5. The summed E-state index contributed by atoms with van der Waals surface area (Å²) >= 11 is 0. The van der Waals surface area contributed by atoms with Crippen molar-refractivity contribution in [2.75, 3.05) is 24.3 Å². The van der Waals surface area contributed by atoms with Crippen LogP contribution in [0.2, 0.25) is 0 Å². The fourth-order valence-electron chi connectivity index (χ4n) is 1.82. The van der Waals surface area contributed by atoms with Crippen LogP contribution in [0.5, 0.6) is 0 Å². The number of H-pyrrole nitrogens is 1. The maximum atomic E-state index is 11.9. The summed E-state index contributed by atoms with van der Waals surface area (Å²) in [7, 11) is 3.92. The molecule has 0 aliphatic heterocycles. The predicted octanol–water partition coefficient (Wildman–Crippen LogP) is 1.17. The van der Waals surface area contributed by atoms with Crippen LogP contribution in [0, 0.1) is 0 Å². The largest absolute Gasteiger partial charge is 0.378 e. The van der Waals surface area contributed by atoms with Crippen LogP contribution in [0.4, 0.5) is 11.6 Å². The van der Waals surface area contributed by atoms with Crippen LogP contribution in [0.25, 0.3) is 11.3 Å². The van der Waals surface area contributed by atoms with Gasteiger partial charge in [0, 0.05) is 31.4 Å². The van der Waals surface area contributed by atoms with Gasteiger partial charge in [-0.25, -0.2) is 0 Å². The number of hydrogen-bond acceptors (Lipinski definition) is 7. The zero-order valence-corrected chi connectivity index (χ0v) is 11.9. The number of hydrogen-bond donors (Lipinski definition) is 2. The van der Waals surface area contributed by atoms with Crippen LogP contribution in [0.1, 0.15) is 10.5 Å². The number of nitrogens with one attached hydrogen (secondary N) is 2. The van der Waals surface area contributed by atoms with E-state index in [-0.39, 0.29) is 11.6 Å². The summed E-state index contributed by atoms with van der Waals surface area (Å²) in [6.45, 7) is 0. The summed E-state index contributed by atoms with van der Waals surface area (Å²) in [4.78, 5) is 13.9. The number of aromatic nitrogens is 5. The molecule has 0 unspecified atom stereocenters. The summed E-state index contributed by atoms with van der Waals surface area (Å²) < 4.78 is 5.20. The Morgan fingerprint density at radius 3 is 2.68 bits per heavy atom. The molecule has 0 aliphatic carbocycles. The van der Waals surface area contributed by atoms with Crippen LogP contribution in [0.3, 0.4) is 0 Å². The fourth-order valence-corrected chi connectivity index (χ4v) is 1.82. The number of rotatable bonds is 4. The average molecular weight is 299 g/mol. The van der Waals surface area contributed by atoms with Crippen molar-refractivity contribution in [3.8, 4) is 11.3 Å². The second kappa shape index (κ2) is 5.64. The van der Waals surface area contributed by atoms with Gasteiger partial charge in [-0.2, -0.15) is 5.21 Å². The number of benzene rings is 1. The third-order valence-electron chi connectivity index (χ3n) is 2.98. The molecule has 0 bridgehead atoms. The molecule has 3 aromatic rings. The van der Waals surface area contributed by atoms with Crippen molar-refractivity contribution in [3.05, 3.63) is 36.0 Å². The number of tetrazole rings is 1. The molecule has 1 aromatic carbocycles. The van der Waals surface area contributed by atoms with Crippen molar-refractivity contribution in [3.63, 3.8) is 0 Å². The van der Waals surface area contributed by atoms with Crippen molar-refractivity contribution >= 4 is 17.5 Å². The maximum absolute atomic E-state index is 11.9. The summed E-state index contributed by atoms with van der Waals surface area (Å²) in [5.41, 5.74) is 2.03. The van der Waals surface area contributed by atoms with Crippen molar-refractivity contribution < 1.29 is 9.32 Å². The van der Waals surface area contributed by atoms with Crippen LogP contribution >= 0.6 is 0 Å². The molecule has 2 aromatic heterocycles. The van der Waals surface area contributed by atoms with E-state index in [4.69, 9.17) is 4.52 Å². The van der Waals surface area contributed by atoms with Gasteiger partial charge in [-0.15, -0.1) is 5.10 Å². The Morgan fingerprint density at radius 1 is 1.27 bits per heavy atom. The van der Waals surface area contributed by atoms with Gasteiger partial charge in [0.1, 0.15) is 0 Å². The molecule has 0 saturated heterocycles. The average Bonchev–Trinajstić information content (AvgIpc) is 3.18. The fraction of sp³-hybridized carbons (Fsp3) is 0.154. The standard InChI is InChI=1S/C13H13N7O2/c1-20(2)9-5-3-8(4-6-9)11-7-10(17-22-11)12(21)14-13-15-18-19-16-13/h3-7H,1-2H3,(H2,14,15,16,18,19,21). The van der Waals surface area contributed by atoms with Gasteiger partial charge in [0.2, 0.25) is 0 Å². The van der Waals surface area contributed by atoms with E-state index in [1.807, 2.05) is 43.3 Å². The van der Waals surface area contributed by atoms with E-state index >= 15 is 0 Å². The van der Waals surface area contributed by atoms with Crippen LogP contribution < -0.4 is 10.2 Å². The van der Waals surface area contributed by atoms with Gasteiger partial charge in [-0.05, 0) is 29.5 Å². The molecule has 112 valence electrons. The molecular formula is C13H13N7O2. The van der Waals surface area contributed by atoms with Crippen LogP contribution in [0.15, 0.2) is 34.9 Å². The molecule has 9 heteroatoms. The smallest absolute Gasteiger partial charge is 0.280 e. The second-order valence-corrected chi connectivity index (χ2v) is 4.71. The third kappa shape index (κ3) is 2.77. The highest BCUT2D eigenvalue weighted by Crippen LogP contribution is 2.23. The molecular weight excluding hydrogens is 286 g/mol. The lowest BCUT2D eigenvalue weighted by molar-refractivity contribution is 0.101. The number of carbonyl (C=O) groups is 1. The zero-order valence-electron chi connectivity index (χ0n) is 11.9. The highest BCUT2D eigenvalue weighted by molar-refractivity contribution is 6.02. The van der Waals surface area contributed by atoms with E-state index in [0.29, 0.717) is 5.76 Å². The first-order chi connectivity index (χ1) is 10.6. The molecule has 0 saturated carbocycles. The minimum Gasteiger partial charge on any atom is -0.378 e. The topological polar surface area (TPSA) is 113 Å². The Kier molecular flexibility index (Phi) is 3.52. The molecule has 22 heavy (non-hydrogen) atoms. The van der Waals surface area contributed by atoms with Crippen molar-refractivity contribution in [2.24, 2.45) is 0 Å². The Balaban J connectivity index is 1.76. The Morgan fingerprint density at radius 2 is 2.05 bits per heavy atom. The highest BCUT2D eigenvalue weighted by Gasteiger charge is 2.15. The quantitative estimate of drug-likeness (QED) is 0.743. The summed E-state index contributed by atoms with van der Waals surface area (Å²) in [6.07, 6.45) is 0. The van der Waals surface area contributed by atoms with Gasteiger partial charge < -0.3 is 9.42 Å². The monoisotopic (exact) mass is 299 g/mol. The molecule has 1 amide bonds. The van der Waals surface area contributed by atoms with Crippen molar-refractivity contribution in [1.29, 1.82) is 0 Å². The molecule has 2 N–H and O–H groups in total. The van der Waals surface area contributed by atoms with E-state index in [2.05, 4.69) is 31.1 Å². The second-order valence-electron chi connectivity index (χ2n) is 4.71. The van der Waals surface area contributed by atoms with E-state index in [0.717, 1.165) is 11.3 Å². The maximum Gasteiger partial charge on any atom is 0.280 e. The summed E-state index contributed by atoms with van der Waals surface area (Å²) in [6, 6.07) is 9.27. The number of anilines is 2. The van der Waals surface area contributed by atoms with Gasteiger partial charge >= 0.3 is 0 Å². The third-order valence-corrected chi connectivity index (χ3v) is 2.98. The van der Waals surface area contributed by atoms with Gasteiger partial charge in [-0.3, -0.25) is 10.1 Å². The molecule has 9 nitrogen and oxygen atoms in total. The van der Waals surface area contributed by atoms with Gasteiger partial charge in [0.05, 0.1) is 0 Å². The lowest BCUT2D eigenvalue weighted by Gasteiger charge is -2.11. The summed E-state index contributed by atoms with van der Waals surface area (Å²) in [5, 5.41) is 19.0. The number of carbonyl (C=O) groups excluding carboxylic acids is 1. The summed E-state index contributed by atoms with van der Waals surface area (Å²) in [5.74, 6) is 0.106. The molecule has 0 aliphatic rings. The molecule has 0 atom stereocenters. The van der Waals surface area contributed by atoms with Crippen molar-refractivity contribution in [1.82, 2.24) is 25.8 Å². The Labute approximate surface area is 125 Å². The first kappa shape index (κ1) is 13.7. The van der Waals surface area contributed by atoms with E-state index in [1.54, 1.807) is 6.07 Å². The Hall–Kier alpha value is -3.23. The molecule has 3 rings (SSSR count). The van der Waals surface area contributed by atoms with E-state index in [9.17, 15) is 4.79 Å². The lowest BCUT2D eigenvalue weighted by atomic mass is 10.1. The van der Waals surface area contributed by atoms with Crippen LogP contribution in [-0.2, 0) is 0 Å². The zero-order chi connectivity index (χ0) is 15.5. The molecule has 0 spiro atoms. The number of nitrogens with zero attached hydrogens (tertiary/aromatic N) is 5. The van der Waals surface area contributed by atoms with Crippen molar-refractivity contribution in [2.45, 2.75) is 0 Å². The Bertz CT molecular complexity index is 762. The number of amides is 1. The lowest BCUT2D eigenvalue weighted by Crippen LogP contribution is -2.13. The number of aromatic amines is 1. The minimum absolute atomic E-state index is 0.0740. The van der Waals surface area contributed by atoms with E-state index < -0.39 is 5.91 Å².